The molecule has 0 bridgehead atoms. The number of nitrogens with zero attached hydrogens (tertiary/aromatic N) is 4. The average Bonchev–Trinajstić information content (AvgIpc) is 2.50. The summed E-state index contributed by atoms with van der Waals surface area (Å²) in [7, 11) is 0. The van der Waals surface area contributed by atoms with Crippen molar-refractivity contribution in [1.29, 1.82) is 0 Å². The minimum absolute atomic E-state index is 0.613. The molecule has 0 saturated heterocycles. The summed E-state index contributed by atoms with van der Waals surface area (Å²) in [6.07, 6.45) is 3.77. The molecular formula is C16H23N5. The lowest BCUT2D eigenvalue weighted by molar-refractivity contribution is 0.824. The van der Waals surface area contributed by atoms with Gasteiger partial charge in [0.1, 0.15) is 11.6 Å². The molecule has 0 aliphatic rings. The van der Waals surface area contributed by atoms with Crippen molar-refractivity contribution in [3.05, 3.63) is 36.2 Å². The van der Waals surface area contributed by atoms with Crippen molar-refractivity contribution in [2.45, 2.75) is 33.6 Å². The van der Waals surface area contributed by atoms with Crippen LogP contribution in [0, 0.1) is 0 Å². The van der Waals surface area contributed by atoms with E-state index in [0.29, 0.717) is 5.95 Å². The Hall–Kier alpha value is -2.17. The van der Waals surface area contributed by atoms with Crippen molar-refractivity contribution in [2.75, 3.05) is 23.3 Å². The topological polar surface area (TPSA) is 53.9 Å². The molecule has 5 nitrogen and oxygen atoms in total. The molecule has 0 aliphatic heterocycles. The van der Waals surface area contributed by atoms with Crippen LogP contribution in [0.2, 0.25) is 0 Å². The Morgan fingerprint density at radius 2 is 1.90 bits per heavy atom. The summed E-state index contributed by atoms with van der Waals surface area (Å²) in [6, 6.07) is 7.82. The maximum absolute atomic E-state index is 4.62. The average molecular weight is 285 g/mol. The number of hydrogen-bond donors (Lipinski definition) is 1. The van der Waals surface area contributed by atoms with Gasteiger partial charge in [-0.3, -0.25) is 0 Å². The molecule has 2 heterocycles. The molecule has 21 heavy (non-hydrogen) atoms. The largest absolute Gasteiger partial charge is 0.357 e. The fraction of sp³-hybridized carbons (Fsp3) is 0.438. The minimum atomic E-state index is 0.613. The molecule has 112 valence electrons. The molecule has 0 spiro atoms. The van der Waals surface area contributed by atoms with Crippen LogP contribution in [0.4, 0.5) is 17.6 Å². The first-order valence-corrected chi connectivity index (χ1v) is 7.57. The summed E-state index contributed by atoms with van der Waals surface area (Å²) < 4.78 is 0. The van der Waals surface area contributed by atoms with E-state index in [4.69, 9.17) is 0 Å². The third-order valence-corrected chi connectivity index (χ3v) is 3.26. The van der Waals surface area contributed by atoms with E-state index in [1.54, 1.807) is 6.20 Å². The first-order chi connectivity index (χ1) is 10.3. The molecule has 0 unspecified atom stereocenters. The highest BCUT2D eigenvalue weighted by atomic mass is 15.2. The molecule has 5 heteroatoms. The summed E-state index contributed by atoms with van der Waals surface area (Å²) in [5, 5.41) is 3.19. The van der Waals surface area contributed by atoms with E-state index in [1.165, 1.54) is 0 Å². The Labute approximate surface area is 126 Å². The van der Waals surface area contributed by atoms with Gasteiger partial charge in [0.05, 0.1) is 0 Å². The van der Waals surface area contributed by atoms with Crippen molar-refractivity contribution in [3.8, 4) is 0 Å². The Kier molecular flexibility index (Phi) is 5.49. The maximum Gasteiger partial charge on any atom is 0.230 e. The van der Waals surface area contributed by atoms with Gasteiger partial charge in [0.25, 0.3) is 0 Å². The Balaban J connectivity index is 2.30. The number of pyridine rings is 1. The second-order valence-corrected chi connectivity index (χ2v) is 4.80. The van der Waals surface area contributed by atoms with Crippen LogP contribution in [0.1, 0.15) is 32.9 Å². The molecule has 0 fully saturated rings. The lowest BCUT2D eigenvalue weighted by Gasteiger charge is -2.21. The van der Waals surface area contributed by atoms with E-state index in [0.717, 1.165) is 43.3 Å². The number of hydrogen-bond acceptors (Lipinski definition) is 5. The number of anilines is 3. The molecular weight excluding hydrogens is 262 g/mol. The van der Waals surface area contributed by atoms with Gasteiger partial charge in [0, 0.05) is 31.0 Å². The standard InChI is InChI=1S/C16H23N5/c1-4-9-13-12-15(21(5-2)6-3)20-16(18-13)19-14-10-7-8-11-17-14/h7-8,10-12H,4-6,9H2,1-3H3,(H,17,18,19,20). The zero-order chi connectivity index (χ0) is 15.1. The highest BCUT2D eigenvalue weighted by molar-refractivity contribution is 5.51. The van der Waals surface area contributed by atoms with E-state index in [1.807, 2.05) is 18.2 Å². The van der Waals surface area contributed by atoms with Gasteiger partial charge in [-0.15, -0.1) is 0 Å². The predicted octanol–water partition coefficient (Wildman–Crippen LogP) is 3.41. The monoisotopic (exact) mass is 285 g/mol. The van der Waals surface area contributed by atoms with E-state index in [-0.39, 0.29) is 0 Å². The Morgan fingerprint density at radius 1 is 1.10 bits per heavy atom. The van der Waals surface area contributed by atoms with Crippen molar-refractivity contribution in [1.82, 2.24) is 15.0 Å². The van der Waals surface area contributed by atoms with Gasteiger partial charge in [0.15, 0.2) is 0 Å². The molecule has 0 aliphatic carbocycles. The third-order valence-electron chi connectivity index (χ3n) is 3.26. The summed E-state index contributed by atoms with van der Waals surface area (Å²) in [4.78, 5) is 15.7. The van der Waals surface area contributed by atoms with Crippen LogP contribution in [0.5, 0.6) is 0 Å². The molecule has 2 rings (SSSR count). The third kappa shape index (κ3) is 4.15. The number of aromatic nitrogens is 3. The molecule has 0 radical (unpaired) electrons. The summed E-state index contributed by atoms with van der Waals surface area (Å²) >= 11 is 0. The van der Waals surface area contributed by atoms with Crippen molar-refractivity contribution < 1.29 is 0 Å². The fourth-order valence-corrected chi connectivity index (χ4v) is 2.18. The van der Waals surface area contributed by atoms with Gasteiger partial charge in [0.2, 0.25) is 5.95 Å². The SMILES string of the molecule is CCCc1cc(N(CC)CC)nc(Nc2ccccn2)n1. The highest BCUT2D eigenvalue weighted by Gasteiger charge is 2.09. The van der Waals surface area contributed by atoms with E-state index >= 15 is 0 Å². The van der Waals surface area contributed by atoms with Crippen LogP contribution in [-0.4, -0.2) is 28.0 Å². The van der Waals surface area contributed by atoms with Gasteiger partial charge in [-0.1, -0.05) is 19.4 Å². The van der Waals surface area contributed by atoms with Crippen LogP contribution < -0.4 is 10.2 Å². The van der Waals surface area contributed by atoms with Crippen molar-refractivity contribution in [2.24, 2.45) is 0 Å². The molecule has 2 aromatic rings. The zero-order valence-electron chi connectivity index (χ0n) is 13.0. The number of rotatable bonds is 7. The van der Waals surface area contributed by atoms with Crippen LogP contribution in [0.15, 0.2) is 30.5 Å². The highest BCUT2D eigenvalue weighted by Crippen LogP contribution is 2.18. The molecule has 0 amide bonds. The smallest absolute Gasteiger partial charge is 0.230 e. The summed E-state index contributed by atoms with van der Waals surface area (Å²) in [5.41, 5.74) is 1.06. The van der Waals surface area contributed by atoms with Crippen LogP contribution in [0.3, 0.4) is 0 Å². The normalized spacial score (nSPS) is 10.4. The van der Waals surface area contributed by atoms with Crippen LogP contribution in [-0.2, 0) is 6.42 Å². The molecule has 0 aromatic carbocycles. The number of nitrogens with one attached hydrogen (secondary N) is 1. The fourth-order valence-electron chi connectivity index (χ4n) is 2.18. The van der Waals surface area contributed by atoms with Gasteiger partial charge < -0.3 is 10.2 Å². The van der Waals surface area contributed by atoms with E-state index in [9.17, 15) is 0 Å². The zero-order valence-corrected chi connectivity index (χ0v) is 13.0. The molecule has 0 saturated carbocycles. The summed E-state index contributed by atoms with van der Waals surface area (Å²) in [6.45, 7) is 8.29. The Morgan fingerprint density at radius 3 is 2.52 bits per heavy atom. The molecule has 2 aromatic heterocycles. The minimum Gasteiger partial charge on any atom is -0.357 e. The number of aryl methyl sites for hydroxylation is 1. The van der Waals surface area contributed by atoms with E-state index < -0.39 is 0 Å². The van der Waals surface area contributed by atoms with Gasteiger partial charge in [-0.2, -0.15) is 4.98 Å². The second kappa shape index (κ2) is 7.57. The van der Waals surface area contributed by atoms with Crippen LogP contribution in [0.25, 0.3) is 0 Å². The lowest BCUT2D eigenvalue weighted by atomic mass is 10.2. The quantitative estimate of drug-likeness (QED) is 0.845. The lowest BCUT2D eigenvalue weighted by Crippen LogP contribution is -2.23. The second-order valence-electron chi connectivity index (χ2n) is 4.80. The molecule has 0 atom stereocenters. The Bertz CT molecular complexity index is 552. The van der Waals surface area contributed by atoms with Crippen molar-refractivity contribution >= 4 is 17.6 Å². The summed E-state index contributed by atoms with van der Waals surface area (Å²) in [5.74, 6) is 2.34. The van der Waals surface area contributed by atoms with Crippen molar-refractivity contribution in [3.63, 3.8) is 0 Å². The van der Waals surface area contributed by atoms with Gasteiger partial charge in [-0.25, -0.2) is 9.97 Å². The first kappa shape index (κ1) is 15.2. The maximum atomic E-state index is 4.62. The first-order valence-electron chi connectivity index (χ1n) is 7.57. The molecule has 1 N–H and O–H groups in total. The van der Waals surface area contributed by atoms with Crippen LogP contribution >= 0.6 is 0 Å². The van der Waals surface area contributed by atoms with Gasteiger partial charge >= 0.3 is 0 Å². The predicted molar refractivity (Wildman–Crippen MR) is 87.1 cm³/mol. The van der Waals surface area contributed by atoms with Gasteiger partial charge in [-0.05, 0) is 32.4 Å². The van der Waals surface area contributed by atoms with E-state index in [2.05, 4.69) is 52.0 Å².